The molecule has 0 radical (unpaired) electrons. The fourth-order valence-electron chi connectivity index (χ4n) is 1.62. The number of benzene rings is 1. The van der Waals surface area contributed by atoms with Crippen molar-refractivity contribution in [2.45, 2.75) is 6.10 Å². The average molecular weight is 320 g/mol. The molecule has 0 amide bonds. The zero-order valence-corrected chi connectivity index (χ0v) is 11.2. The van der Waals surface area contributed by atoms with Crippen molar-refractivity contribution in [3.05, 3.63) is 51.0 Å². The van der Waals surface area contributed by atoms with Crippen LogP contribution < -0.4 is 0 Å². The highest BCUT2D eigenvalue weighted by Crippen LogP contribution is 2.29. The lowest BCUT2D eigenvalue weighted by molar-refractivity contribution is 0.209. The Morgan fingerprint density at radius 3 is 2.71 bits per heavy atom. The van der Waals surface area contributed by atoms with Crippen LogP contribution in [0.2, 0.25) is 5.02 Å². The molecular formula is C11H9BrClFN2O. The van der Waals surface area contributed by atoms with Crippen molar-refractivity contribution in [2.24, 2.45) is 7.05 Å². The van der Waals surface area contributed by atoms with E-state index >= 15 is 0 Å². The summed E-state index contributed by atoms with van der Waals surface area (Å²) in [5.41, 5.74) is 0.853. The molecule has 0 saturated carbocycles. The Kier molecular flexibility index (Phi) is 3.51. The first-order valence-corrected chi connectivity index (χ1v) is 5.97. The van der Waals surface area contributed by atoms with Gasteiger partial charge in [0.15, 0.2) is 0 Å². The highest BCUT2D eigenvalue weighted by molar-refractivity contribution is 9.10. The van der Waals surface area contributed by atoms with E-state index in [1.54, 1.807) is 13.1 Å². The number of halogens is 3. The molecule has 0 aliphatic rings. The largest absolute Gasteiger partial charge is 0.382 e. The molecule has 1 atom stereocenters. The minimum Gasteiger partial charge on any atom is -0.382 e. The van der Waals surface area contributed by atoms with E-state index in [9.17, 15) is 9.50 Å². The molecule has 2 aromatic rings. The molecular weight excluding hydrogens is 310 g/mol. The summed E-state index contributed by atoms with van der Waals surface area (Å²) in [4.78, 5) is 0. The van der Waals surface area contributed by atoms with Crippen molar-refractivity contribution in [3.63, 3.8) is 0 Å². The van der Waals surface area contributed by atoms with Crippen LogP contribution in [0.3, 0.4) is 0 Å². The van der Waals surface area contributed by atoms with Gasteiger partial charge in [-0.25, -0.2) is 4.39 Å². The maximum Gasteiger partial charge on any atom is 0.124 e. The van der Waals surface area contributed by atoms with Gasteiger partial charge in [-0.15, -0.1) is 0 Å². The molecule has 6 heteroatoms. The molecule has 0 saturated heterocycles. The van der Waals surface area contributed by atoms with Crippen molar-refractivity contribution in [2.75, 3.05) is 0 Å². The Hall–Kier alpha value is -0.910. The van der Waals surface area contributed by atoms with Gasteiger partial charge in [-0.2, -0.15) is 5.10 Å². The fourth-order valence-corrected chi connectivity index (χ4v) is 2.37. The van der Waals surface area contributed by atoms with Gasteiger partial charge in [0.1, 0.15) is 11.9 Å². The van der Waals surface area contributed by atoms with Gasteiger partial charge >= 0.3 is 0 Å². The molecule has 0 aliphatic carbocycles. The van der Waals surface area contributed by atoms with Gasteiger partial charge in [-0.05, 0) is 23.8 Å². The molecule has 0 bridgehead atoms. The number of hydrogen-bond donors (Lipinski definition) is 1. The SMILES string of the molecule is Cn1ncc(Cl)c1C(O)c1cc(F)cc(Br)c1. The van der Waals surface area contributed by atoms with Gasteiger partial charge in [-0.1, -0.05) is 27.5 Å². The molecule has 90 valence electrons. The Morgan fingerprint density at radius 2 is 2.18 bits per heavy atom. The van der Waals surface area contributed by atoms with Crippen molar-refractivity contribution >= 4 is 27.5 Å². The van der Waals surface area contributed by atoms with Gasteiger partial charge in [0.2, 0.25) is 0 Å². The number of hydrogen-bond acceptors (Lipinski definition) is 2. The first kappa shape index (κ1) is 12.5. The van der Waals surface area contributed by atoms with E-state index in [1.165, 1.54) is 23.0 Å². The standard InChI is InChI=1S/C11H9BrClFN2O/c1-16-10(9(13)5-15-16)11(17)6-2-7(12)4-8(14)3-6/h2-5,11,17H,1H3. The summed E-state index contributed by atoms with van der Waals surface area (Å²) in [6, 6.07) is 4.22. The number of aromatic nitrogens is 2. The second-order valence-corrected chi connectivity index (χ2v) is 4.93. The van der Waals surface area contributed by atoms with Crippen LogP contribution in [-0.4, -0.2) is 14.9 Å². The molecule has 1 heterocycles. The second kappa shape index (κ2) is 4.76. The van der Waals surface area contributed by atoms with Crippen molar-refractivity contribution in [1.29, 1.82) is 0 Å². The fraction of sp³-hybridized carbons (Fsp3) is 0.182. The molecule has 2 rings (SSSR count). The van der Waals surface area contributed by atoms with E-state index < -0.39 is 11.9 Å². The topological polar surface area (TPSA) is 38.0 Å². The number of aryl methyl sites for hydroxylation is 1. The maximum absolute atomic E-state index is 13.2. The summed E-state index contributed by atoms with van der Waals surface area (Å²) in [5, 5.41) is 14.4. The molecule has 0 spiro atoms. The van der Waals surface area contributed by atoms with E-state index in [-0.39, 0.29) is 0 Å². The molecule has 0 aliphatic heterocycles. The molecule has 0 fully saturated rings. The Labute approximate surface area is 111 Å². The molecule has 1 aromatic heterocycles. The summed E-state index contributed by atoms with van der Waals surface area (Å²) >= 11 is 9.10. The van der Waals surface area contributed by atoms with Gasteiger partial charge < -0.3 is 5.11 Å². The van der Waals surface area contributed by atoms with Crippen LogP contribution in [0.5, 0.6) is 0 Å². The lowest BCUT2D eigenvalue weighted by Gasteiger charge is -2.12. The van der Waals surface area contributed by atoms with Crippen LogP contribution in [0.4, 0.5) is 4.39 Å². The summed E-state index contributed by atoms with van der Waals surface area (Å²) in [5.74, 6) is -0.424. The maximum atomic E-state index is 13.2. The van der Waals surface area contributed by atoms with Gasteiger partial charge in [0.25, 0.3) is 0 Å². The van der Waals surface area contributed by atoms with E-state index in [4.69, 9.17) is 11.6 Å². The zero-order chi connectivity index (χ0) is 12.6. The molecule has 1 aromatic carbocycles. The highest BCUT2D eigenvalue weighted by atomic mass is 79.9. The molecule has 17 heavy (non-hydrogen) atoms. The predicted molar refractivity (Wildman–Crippen MR) is 66.4 cm³/mol. The average Bonchev–Trinajstić information content (AvgIpc) is 2.56. The van der Waals surface area contributed by atoms with Crippen LogP contribution in [0.25, 0.3) is 0 Å². The highest BCUT2D eigenvalue weighted by Gasteiger charge is 2.19. The van der Waals surface area contributed by atoms with Gasteiger partial charge in [0.05, 0.1) is 16.9 Å². The second-order valence-electron chi connectivity index (χ2n) is 3.61. The number of aliphatic hydroxyl groups is 1. The van der Waals surface area contributed by atoms with Crippen molar-refractivity contribution in [3.8, 4) is 0 Å². The first-order valence-electron chi connectivity index (χ1n) is 4.80. The Balaban J connectivity index is 2.47. The van der Waals surface area contributed by atoms with Crippen molar-refractivity contribution in [1.82, 2.24) is 9.78 Å². The van der Waals surface area contributed by atoms with E-state index in [2.05, 4.69) is 21.0 Å². The first-order chi connectivity index (χ1) is 7.99. The van der Waals surface area contributed by atoms with Crippen LogP contribution >= 0.6 is 27.5 Å². The van der Waals surface area contributed by atoms with Crippen molar-refractivity contribution < 1.29 is 9.50 Å². The van der Waals surface area contributed by atoms with Gasteiger partial charge in [0, 0.05) is 11.5 Å². The Morgan fingerprint density at radius 1 is 1.47 bits per heavy atom. The van der Waals surface area contributed by atoms with Crippen LogP contribution in [0.1, 0.15) is 17.4 Å². The third-order valence-corrected chi connectivity index (χ3v) is 3.15. The minimum atomic E-state index is -1.01. The summed E-state index contributed by atoms with van der Waals surface area (Å²) < 4.78 is 15.3. The lowest BCUT2D eigenvalue weighted by Crippen LogP contribution is -2.07. The summed E-state index contributed by atoms with van der Waals surface area (Å²) in [7, 11) is 1.67. The zero-order valence-electron chi connectivity index (χ0n) is 8.86. The van der Waals surface area contributed by atoms with Gasteiger partial charge in [-0.3, -0.25) is 4.68 Å². The smallest absolute Gasteiger partial charge is 0.124 e. The molecule has 1 unspecified atom stereocenters. The lowest BCUT2D eigenvalue weighted by atomic mass is 10.1. The quantitative estimate of drug-likeness (QED) is 0.924. The normalized spacial score (nSPS) is 12.8. The number of nitrogens with zero attached hydrogens (tertiary/aromatic N) is 2. The third-order valence-electron chi connectivity index (χ3n) is 2.40. The Bertz CT molecular complexity index is 519. The predicted octanol–water partition coefficient (Wildman–Crippen LogP) is 3.06. The monoisotopic (exact) mass is 318 g/mol. The van der Waals surface area contributed by atoms with Crippen LogP contribution in [0.15, 0.2) is 28.9 Å². The number of rotatable bonds is 2. The van der Waals surface area contributed by atoms with E-state index in [0.29, 0.717) is 20.8 Å². The minimum absolute atomic E-state index is 0.348. The van der Waals surface area contributed by atoms with Crippen LogP contribution in [-0.2, 0) is 7.05 Å². The van der Waals surface area contributed by atoms with Crippen LogP contribution in [0, 0.1) is 5.82 Å². The molecule has 1 N–H and O–H groups in total. The summed E-state index contributed by atoms with van der Waals surface area (Å²) in [6.07, 6.45) is 0.427. The van der Waals surface area contributed by atoms with E-state index in [1.807, 2.05) is 0 Å². The summed E-state index contributed by atoms with van der Waals surface area (Å²) in [6.45, 7) is 0. The number of aliphatic hydroxyl groups excluding tert-OH is 1. The third kappa shape index (κ3) is 2.51. The van der Waals surface area contributed by atoms with E-state index in [0.717, 1.165) is 0 Å². The molecule has 3 nitrogen and oxygen atoms in total.